The van der Waals surface area contributed by atoms with Crippen molar-refractivity contribution in [2.45, 2.75) is 39.2 Å². The summed E-state index contributed by atoms with van der Waals surface area (Å²) in [6, 6.07) is 14.7. The summed E-state index contributed by atoms with van der Waals surface area (Å²) in [5, 5.41) is 0. The molecule has 7 nitrogen and oxygen atoms in total. The zero-order valence-corrected chi connectivity index (χ0v) is 18.8. The van der Waals surface area contributed by atoms with Crippen LogP contribution in [0.1, 0.15) is 44.7 Å². The van der Waals surface area contributed by atoms with Gasteiger partial charge < -0.3 is 14.0 Å². The Morgan fingerprint density at radius 1 is 1.09 bits per heavy atom. The summed E-state index contributed by atoms with van der Waals surface area (Å²) in [5.41, 5.74) is 2.46. The van der Waals surface area contributed by atoms with Crippen molar-refractivity contribution < 1.29 is 19.1 Å². The van der Waals surface area contributed by atoms with Gasteiger partial charge in [0.1, 0.15) is 5.75 Å². The molecule has 0 unspecified atom stereocenters. The van der Waals surface area contributed by atoms with Gasteiger partial charge in [0.15, 0.2) is 5.92 Å². The molecule has 0 saturated heterocycles. The van der Waals surface area contributed by atoms with Crippen LogP contribution in [-0.4, -0.2) is 41.7 Å². The highest BCUT2D eigenvalue weighted by Crippen LogP contribution is 2.42. The maximum absolute atomic E-state index is 13.8. The number of methoxy groups -OCH3 is 1. The van der Waals surface area contributed by atoms with Crippen molar-refractivity contribution in [2.24, 2.45) is 5.92 Å². The molecule has 1 amide bonds. The van der Waals surface area contributed by atoms with Gasteiger partial charge in [0, 0.05) is 6.54 Å². The first-order chi connectivity index (χ1) is 15.6. The molecule has 4 rings (SSSR count). The lowest BCUT2D eigenvalue weighted by Gasteiger charge is -2.38. The Hall–Kier alpha value is -3.35. The van der Waals surface area contributed by atoms with Crippen LogP contribution in [0.25, 0.3) is 11.0 Å². The minimum atomic E-state index is -1.01. The molecule has 2 atom stereocenters. The Kier molecular flexibility index (Phi) is 6.44. The third-order valence-electron chi connectivity index (χ3n) is 5.91. The van der Waals surface area contributed by atoms with E-state index in [9.17, 15) is 9.59 Å². The van der Waals surface area contributed by atoms with E-state index in [-0.39, 0.29) is 12.5 Å². The first kappa shape index (κ1) is 21.9. The van der Waals surface area contributed by atoms with Crippen molar-refractivity contribution in [3.05, 3.63) is 54.1 Å². The average molecular weight is 436 g/mol. The third kappa shape index (κ3) is 3.83. The number of amides is 1. The molecule has 1 aliphatic heterocycles. The number of ether oxygens (including phenoxy) is 2. The van der Waals surface area contributed by atoms with Gasteiger partial charge in [-0.1, -0.05) is 44.0 Å². The highest BCUT2D eigenvalue weighted by Gasteiger charge is 2.47. The number of hydrogen-bond donors (Lipinski definition) is 0. The molecule has 2 aromatic carbocycles. The zero-order chi connectivity index (χ0) is 22.7. The van der Waals surface area contributed by atoms with Crippen LogP contribution in [0, 0.1) is 5.92 Å². The van der Waals surface area contributed by atoms with Crippen LogP contribution in [0.4, 0.5) is 5.95 Å². The van der Waals surface area contributed by atoms with Crippen LogP contribution < -0.4 is 9.64 Å². The molecule has 2 heterocycles. The summed E-state index contributed by atoms with van der Waals surface area (Å²) < 4.78 is 12.8. The Bertz CT molecular complexity index is 1120. The largest absolute Gasteiger partial charge is 0.497 e. The Morgan fingerprint density at radius 2 is 1.91 bits per heavy atom. The van der Waals surface area contributed by atoms with E-state index in [1.807, 2.05) is 53.1 Å². The summed E-state index contributed by atoms with van der Waals surface area (Å²) in [6.45, 7) is 4.59. The van der Waals surface area contributed by atoms with Crippen molar-refractivity contribution in [3.63, 3.8) is 0 Å². The average Bonchev–Trinajstić information content (AvgIpc) is 3.19. The van der Waals surface area contributed by atoms with Crippen LogP contribution >= 0.6 is 0 Å². The van der Waals surface area contributed by atoms with Gasteiger partial charge in [-0.2, -0.15) is 0 Å². The van der Waals surface area contributed by atoms with Crippen LogP contribution in [0.3, 0.4) is 0 Å². The standard InChI is InChI=1S/C25H29N3O4/c1-4-6-9-15-27-23(29)21(24(30)32-5-2)22(17-11-10-12-18(16-17)31-3)28-20-14-8-7-13-19(20)26-25(27)28/h7-8,10-14,16,21-22H,4-6,9,15H2,1-3H3/t21-,22+/m0/s1. The van der Waals surface area contributed by atoms with Gasteiger partial charge in [-0.3, -0.25) is 14.5 Å². The number of carbonyl (C=O) groups is 2. The molecule has 0 aliphatic carbocycles. The molecule has 1 aromatic heterocycles. The van der Waals surface area contributed by atoms with Crippen molar-refractivity contribution in [3.8, 4) is 5.75 Å². The van der Waals surface area contributed by atoms with Gasteiger partial charge in [0.25, 0.3) is 0 Å². The molecule has 168 valence electrons. The number of para-hydroxylation sites is 2. The maximum atomic E-state index is 13.8. The zero-order valence-electron chi connectivity index (χ0n) is 18.8. The van der Waals surface area contributed by atoms with Gasteiger partial charge in [-0.15, -0.1) is 0 Å². The molecule has 0 spiro atoms. The Morgan fingerprint density at radius 3 is 2.66 bits per heavy atom. The lowest BCUT2D eigenvalue weighted by atomic mass is 9.89. The molecule has 3 aromatic rings. The monoisotopic (exact) mass is 435 g/mol. The molecule has 7 heteroatoms. The second-order valence-corrected chi connectivity index (χ2v) is 7.92. The van der Waals surface area contributed by atoms with Crippen LogP contribution in [-0.2, 0) is 14.3 Å². The summed E-state index contributed by atoms with van der Waals surface area (Å²) in [7, 11) is 1.60. The van der Waals surface area contributed by atoms with Crippen molar-refractivity contribution in [1.82, 2.24) is 9.55 Å². The van der Waals surface area contributed by atoms with E-state index >= 15 is 0 Å². The molecule has 0 N–H and O–H groups in total. The highest BCUT2D eigenvalue weighted by atomic mass is 16.5. The first-order valence-electron chi connectivity index (χ1n) is 11.2. The number of hydrogen-bond acceptors (Lipinski definition) is 5. The lowest BCUT2D eigenvalue weighted by molar-refractivity contribution is -0.153. The van der Waals surface area contributed by atoms with E-state index < -0.39 is 17.9 Å². The van der Waals surface area contributed by atoms with Gasteiger partial charge in [-0.05, 0) is 43.2 Å². The number of carbonyl (C=O) groups excluding carboxylic acids is 2. The fourth-order valence-electron chi connectivity index (χ4n) is 4.41. The number of unbranched alkanes of at least 4 members (excludes halogenated alkanes) is 2. The van der Waals surface area contributed by atoms with E-state index in [1.165, 1.54) is 0 Å². The smallest absolute Gasteiger partial charge is 0.321 e. The first-order valence-corrected chi connectivity index (χ1v) is 11.2. The molecule has 1 aliphatic rings. The quantitative estimate of drug-likeness (QED) is 0.299. The molecule has 32 heavy (non-hydrogen) atoms. The molecule has 0 radical (unpaired) electrons. The number of rotatable bonds is 8. The SMILES string of the molecule is CCCCCN1C(=O)[C@@H](C(=O)OCC)[C@@H](c2cccc(OC)c2)n2c1nc1ccccc12. The minimum Gasteiger partial charge on any atom is -0.497 e. The minimum absolute atomic E-state index is 0.209. The van der Waals surface area contributed by atoms with Gasteiger partial charge >= 0.3 is 5.97 Å². The molecule has 0 fully saturated rings. The summed E-state index contributed by atoms with van der Waals surface area (Å²) in [4.78, 5) is 33.4. The lowest BCUT2D eigenvalue weighted by Crippen LogP contribution is -2.50. The molecule has 0 bridgehead atoms. The second-order valence-electron chi connectivity index (χ2n) is 7.92. The van der Waals surface area contributed by atoms with Crippen LogP contribution in [0.5, 0.6) is 5.75 Å². The highest BCUT2D eigenvalue weighted by molar-refractivity contribution is 6.08. The number of benzene rings is 2. The van der Waals surface area contributed by atoms with Gasteiger partial charge in [0.2, 0.25) is 11.9 Å². The number of nitrogens with zero attached hydrogens (tertiary/aromatic N) is 3. The normalized spacial score (nSPS) is 18.0. The van der Waals surface area contributed by atoms with Crippen molar-refractivity contribution in [2.75, 3.05) is 25.2 Å². The topological polar surface area (TPSA) is 73.7 Å². The number of esters is 1. The van der Waals surface area contributed by atoms with E-state index in [4.69, 9.17) is 14.5 Å². The van der Waals surface area contributed by atoms with E-state index in [0.717, 1.165) is 35.9 Å². The number of fused-ring (bicyclic) bond motifs is 3. The fourth-order valence-corrected chi connectivity index (χ4v) is 4.41. The molecular weight excluding hydrogens is 406 g/mol. The Balaban J connectivity index is 1.94. The van der Waals surface area contributed by atoms with Crippen molar-refractivity contribution >= 4 is 28.9 Å². The van der Waals surface area contributed by atoms with E-state index in [0.29, 0.717) is 18.2 Å². The summed E-state index contributed by atoms with van der Waals surface area (Å²) in [5.74, 6) is -0.562. The molecular formula is C25H29N3O4. The maximum Gasteiger partial charge on any atom is 0.321 e. The third-order valence-corrected chi connectivity index (χ3v) is 5.91. The number of imidazole rings is 1. The van der Waals surface area contributed by atoms with Crippen LogP contribution in [0.2, 0.25) is 0 Å². The molecule has 0 saturated carbocycles. The van der Waals surface area contributed by atoms with Gasteiger partial charge in [-0.25, -0.2) is 4.98 Å². The predicted molar refractivity (Wildman–Crippen MR) is 123 cm³/mol. The number of aromatic nitrogens is 2. The summed E-state index contributed by atoms with van der Waals surface area (Å²) >= 11 is 0. The Labute approximate surface area is 187 Å². The number of anilines is 1. The van der Waals surface area contributed by atoms with Crippen molar-refractivity contribution in [1.29, 1.82) is 0 Å². The van der Waals surface area contributed by atoms with Gasteiger partial charge in [0.05, 0.1) is 30.8 Å². The van der Waals surface area contributed by atoms with E-state index in [1.54, 1.807) is 18.9 Å². The fraction of sp³-hybridized carbons (Fsp3) is 0.400. The van der Waals surface area contributed by atoms with E-state index in [2.05, 4.69) is 6.92 Å². The van der Waals surface area contributed by atoms with Crippen LogP contribution in [0.15, 0.2) is 48.5 Å². The predicted octanol–water partition coefficient (Wildman–Crippen LogP) is 4.35. The second kappa shape index (κ2) is 9.42. The summed E-state index contributed by atoms with van der Waals surface area (Å²) in [6.07, 6.45) is 2.87.